The molecule has 5 nitrogen and oxygen atoms in total. The summed E-state index contributed by atoms with van der Waals surface area (Å²) in [7, 11) is 0. The quantitative estimate of drug-likeness (QED) is 0.784. The van der Waals surface area contributed by atoms with Gasteiger partial charge in [-0.05, 0) is 33.1 Å². The van der Waals surface area contributed by atoms with Crippen LogP contribution in [0.5, 0.6) is 0 Å². The minimum absolute atomic E-state index is 0.00941. The molecule has 2 amide bonds. The maximum atomic E-state index is 12.5. The molecular weight excluding hydrogens is 300 g/mol. The summed E-state index contributed by atoms with van der Waals surface area (Å²) in [5.74, 6) is 1.15. The van der Waals surface area contributed by atoms with E-state index < -0.39 is 0 Å². The Morgan fingerprint density at radius 1 is 1.50 bits per heavy atom. The molecule has 0 radical (unpaired) electrons. The van der Waals surface area contributed by atoms with Crippen LogP contribution in [0.1, 0.15) is 40.0 Å². The first-order valence-electron chi connectivity index (χ1n) is 8.02. The summed E-state index contributed by atoms with van der Waals surface area (Å²) < 4.78 is 5.61. The number of allylic oxidation sites excluding steroid dienone is 1. The highest BCUT2D eigenvalue weighted by atomic mass is 32.2. The van der Waals surface area contributed by atoms with Crippen LogP contribution in [0.4, 0.5) is 0 Å². The summed E-state index contributed by atoms with van der Waals surface area (Å²) in [6.45, 7) is 6.57. The van der Waals surface area contributed by atoms with Crippen molar-refractivity contribution >= 4 is 23.6 Å². The molecule has 0 bridgehead atoms. The normalized spacial score (nSPS) is 27.0. The van der Waals surface area contributed by atoms with Crippen molar-refractivity contribution in [1.29, 1.82) is 0 Å². The molecular formula is C16H26N2O3S. The summed E-state index contributed by atoms with van der Waals surface area (Å²) >= 11 is 1.63. The average Bonchev–Trinajstić information content (AvgIpc) is 3.17. The zero-order valence-electron chi connectivity index (χ0n) is 13.6. The Kier molecular flexibility index (Phi) is 6.32. The van der Waals surface area contributed by atoms with Gasteiger partial charge in [0.05, 0.1) is 18.0 Å². The van der Waals surface area contributed by atoms with Gasteiger partial charge in [0.25, 0.3) is 5.91 Å². The summed E-state index contributed by atoms with van der Waals surface area (Å²) in [6.07, 6.45) is 4.88. The van der Waals surface area contributed by atoms with E-state index in [1.54, 1.807) is 16.7 Å². The molecule has 2 rings (SSSR count). The minimum Gasteiger partial charge on any atom is -0.376 e. The third-order valence-corrected chi connectivity index (χ3v) is 5.20. The SMILES string of the molecule is CC/C=C(\C)C(=O)N1CSC[C@@H]1C(=O)N[C@H](C)[C@H]1CCCO1. The molecule has 22 heavy (non-hydrogen) atoms. The zero-order chi connectivity index (χ0) is 16.1. The van der Waals surface area contributed by atoms with E-state index in [9.17, 15) is 9.59 Å². The van der Waals surface area contributed by atoms with Crippen LogP contribution >= 0.6 is 11.8 Å². The molecule has 2 aliphatic rings. The third-order valence-electron chi connectivity index (χ3n) is 4.19. The Hall–Kier alpha value is -1.01. The van der Waals surface area contributed by atoms with Gasteiger partial charge in [0.15, 0.2) is 0 Å². The second kappa shape index (κ2) is 8.02. The van der Waals surface area contributed by atoms with Gasteiger partial charge in [-0.2, -0.15) is 0 Å². The van der Waals surface area contributed by atoms with Crippen molar-refractivity contribution in [3.63, 3.8) is 0 Å². The number of rotatable bonds is 5. The lowest BCUT2D eigenvalue weighted by molar-refractivity contribution is -0.136. The minimum atomic E-state index is -0.374. The van der Waals surface area contributed by atoms with E-state index in [4.69, 9.17) is 4.74 Å². The van der Waals surface area contributed by atoms with E-state index in [0.717, 1.165) is 31.4 Å². The second-order valence-corrected chi connectivity index (χ2v) is 6.93. The highest BCUT2D eigenvalue weighted by molar-refractivity contribution is 7.99. The maximum absolute atomic E-state index is 12.5. The van der Waals surface area contributed by atoms with Gasteiger partial charge in [0.1, 0.15) is 6.04 Å². The molecule has 0 aromatic rings. The van der Waals surface area contributed by atoms with Crippen LogP contribution < -0.4 is 5.32 Å². The first-order chi connectivity index (χ1) is 10.5. The number of hydrogen-bond acceptors (Lipinski definition) is 4. The number of nitrogens with zero attached hydrogens (tertiary/aromatic N) is 1. The van der Waals surface area contributed by atoms with Crippen molar-refractivity contribution in [1.82, 2.24) is 10.2 Å². The lowest BCUT2D eigenvalue weighted by Crippen LogP contribution is -2.51. The highest BCUT2D eigenvalue weighted by Crippen LogP contribution is 2.24. The Balaban J connectivity index is 1.95. The molecule has 0 aromatic carbocycles. The molecule has 2 aliphatic heterocycles. The van der Waals surface area contributed by atoms with Gasteiger partial charge < -0.3 is 15.0 Å². The van der Waals surface area contributed by atoms with Gasteiger partial charge >= 0.3 is 0 Å². The number of thioether (sulfide) groups is 1. The third kappa shape index (κ3) is 4.04. The van der Waals surface area contributed by atoms with Gasteiger partial charge in [-0.15, -0.1) is 11.8 Å². The number of nitrogens with one attached hydrogen (secondary N) is 1. The summed E-state index contributed by atoms with van der Waals surface area (Å²) in [5.41, 5.74) is 0.718. The number of ether oxygens (including phenoxy) is 1. The first kappa shape index (κ1) is 17.3. The predicted molar refractivity (Wildman–Crippen MR) is 88.6 cm³/mol. The lowest BCUT2D eigenvalue weighted by Gasteiger charge is -2.26. The predicted octanol–water partition coefficient (Wildman–Crippen LogP) is 1.93. The van der Waals surface area contributed by atoms with Crippen LogP contribution in [-0.2, 0) is 14.3 Å². The molecule has 2 saturated heterocycles. The summed E-state index contributed by atoms with van der Waals surface area (Å²) in [4.78, 5) is 26.6. The number of amides is 2. The molecule has 0 unspecified atom stereocenters. The number of hydrogen-bond donors (Lipinski definition) is 1. The van der Waals surface area contributed by atoms with Crippen LogP contribution in [0.25, 0.3) is 0 Å². The average molecular weight is 326 g/mol. The zero-order valence-corrected chi connectivity index (χ0v) is 14.4. The van der Waals surface area contributed by atoms with Crippen LogP contribution in [0.3, 0.4) is 0 Å². The number of carbonyl (C=O) groups is 2. The van der Waals surface area contributed by atoms with Gasteiger partial charge in [-0.25, -0.2) is 0 Å². The largest absolute Gasteiger partial charge is 0.376 e. The van der Waals surface area contributed by atoms with Crippen molar-refractivity contribution < 1.29 is 14.3 Å². The van der Waals surface area contributed by atoms with Gasteiger partial charge in [0.2, 0.25) is 5.91 Å². The van der Waals surface area contributed by atoms with E-state index >= 15 is 0 Å². The molecule has 2 fully saturated rings. The molecule has 1 N–H and O–H groups in total. The van der Waals surface area contributed by atoms with Crippen molar-refractivity contribution in [3.8, 4) is 0 Å². The van der Waals surface area contributed by atoms with Crippen LogP contribution in [-0.4, -0.2) is 53.1 Å². The smallest absolute Gasteiger partial charge is 0.250 e. The molecule has 0 aliphatic carbocycles. The van der Waals surface area contributed by atoms with E-state index in [2.05, 4.69) is 5.32 Å². The molecule has 2 heterocycles. The molecule has 0 saturated carbocycles. The standard InChI is InChI=1S/C16H26N2O3S/c1-4-6-11(2)16(20)18-10-22-9-13(18)15(19)17-12(3)14-7-5-8-21-14/h6,12-14H,4-5,7-10H2,1-3H3,(H,17,19)/b11-6+/t12-,13-,14-/m1/s1. The van der Waals surface area contributed by atoms with E-state index in [0.29, 0.717) is 11.6 Å². The molecule has 0 spiro atoms. The Morgan fingerprint density at radius 3 is 2.91 bits per heavy atom. The topological polar surface area (TPSA) is 58.6 Å². The van der Waals surface area contributed by atoms with E-state index in [-0.39, 0.29) is 30.0 Å². The van der Waals surface area contributed by atoms with E-state index in [1.165, 1.54) is 0 Å². The van der Waals surface area contributed by atoms with Gasteiger partial charge in [0, 0.05) is 17.9 Å². The van der Waals surface area contributed by atoms with Gasteiger partial charge in [-0.3, -0.25) is 9.59 Å². The Bertz CT molecular complexity index is 447. The number of carbonyl (C=O) groups excluding carboxylic acids is 2. The molecule has 0 aromatic heterocycles. The molecule has 124 valence electrons. The summed E-state index contributed by atoms with van der Waals surface area (Å²) in [5, 5.41) is 3.03. The Labute approximate surface area is 136 Å². The molecule has 6 heteroatoms. The fourth-order valence-electron chi connectivity index (χ4n) is 2.89. The van der Waals surface area contributed by atoms with Crippen molar-refractivity contribution in [2.24, 2.45) is 0 Å². The van der Waals surface area contributed by atoms with E-state index in [1.807, 2.05) is 26.8 Å². The molecule has 3 atom stereocenters. The fraction of sp³-hybridized carbons (Fsp3) is 0.750. The second-order valence-electron chi connectivity index (χ2n) is 5.93. The Morgan fingerprint density at radius 2 is 2.27 bits per heavy atom. The van der Waals surface area contributed by atoms with Crippen LogP contribution in [0, 0.1) is 0 Å². The first-order valence-corrected chi connectivity index (χ1v) is 9.17. The summed E-state index contributed by atoms with van der Waals surface area (Å²) in [6, 6.07) is -0.383. The van der Waals surface area contributed by atoms with Crippen molar-refractivity contribution in [3.05, 3.63) is 11.6 Å². The van der Waals surface area contributed by atoms with Gasteiger partial charge in [-0.1, -0.05) is 13.0 Å². The highest BCUT2D eigenvalue weighted by Gasteiger charge is 2.36. The van der Waals surface area contributed by atoms with Crippen molar-refractivity contribution in [2.45, 2.75) is 58.2 Å². The fourth-order valence-corrected chi connectivity index (χ4v) is 4.04. The van der Waals surface area contributed by atoms with Crippen LogP contribution in [0.15, 0.2) is 11.6 Å². The maximum Gasteiger partial charge on any atom is 0.250 e. The lowest BCUT2D eigenvalue weighted by atomic mass is 10.1. The monoisotopic (exact) mass is 326 g/mol. The van der Waals surface area contributed by atoms with Crippen LogP contribution in [0.2, 0.25) is 0 Å². The van der Waals surface area contributed by atoms with Crippen molar-refractivity contribution in [2.75, 3.05) is 18.2 Å².